The second-order valence-electron chi connectivity index (χ2n) is 5.76. The number of hydrogen-bond acceptors (Lipinski definition) is 4. The van der Waals surface area contributed by atoms with Gasteiger partial charge in [0.25, 0.3) is 5.91 Å². The second-order valence-corrected chi connectivity index (χ2v) is 7.04. The molecule has 0 radical (unpaired) electrons. The number of aryl methyl sites for hydroxylation is 1. The zero-order valence-electron chi connectivity index (χ0n) is 12.8. The van der Waals surface area contributed by atoms with Crippen LogP contribution in [0.3, 0.4) is 0 Å². The van der Waals surface area contributed by atoms with Crippen LogP contribution in [0.15, 0.2) is 36.5 Å². The molecule has 3 rings (SSSR count). The lowest BCUT2D eigenvalue weighted by atomic mass is 10.0. The first-order valence-corrected chi connectivity index (χ1v) is 8.52. The maximum absolute atomic E-state index is 12.2. The molecule has 116 valence electrons. The van der Waals surface area contributed by atoms with Gasteiger partial charge in [0, 0.05) is 36.8 Å². The molecule has 0 aromatic carbocycles. The number of amides is 1. The SMILES string of the molecule is Cc1ccc(C(=O)NC2CCN(Cc3ccccn3)CC2)s1. The molecule has 0 bridgehead atoms. The summed E-state index contributed by atoms with van der Waals surface area (Å²) >= 11 is 1.56. The van der Waals surface area contributed by atoms with E-state index in [0.717, 1.165) is 43.0 Å². The lowest BCUT2D eigenvalue weighted by Crippen LogP contribution is -2.44. The normalized spacial score (nSPS) is 16.6. The number of likely N-dealkylation sites (tertiary alicyclic amines) is 1. The van der Waals surface area contributed by atoms with E-state index in [2.05, 4.69) is 21.3 Å². The number of rotatable bonds is 4. The number of pyridine rings is 1. The van der Waals surface area contributed by atoms with Crippen LogP contribution in [0.1, 0.15) is 33.1 Å². The Balaban J connectivity index is 1.46. The van der Waals surface area contributed by atoms with Gasteiger partial charge in [-0.1, -0.05) is 6.07 Å². The lowest BCUT2D eigenvalue weighted by Gasteiger charge is -2.32. The van der Waals surface area contributed by atoms with Gasteiger partial charge in [-0.05, 0) is 44.0 Å². The predicted octanol–water partition coefficient (Wildman–Crippen LogP) is 2.85. The van der Waals surface area contributed by atoms with E-state index in [1.165, 1.54) is 4.88 Å². The van der Waals surface area contributed by atoms with Crippen molar-refractivity contribution in [3.8, 4) is 0 Å². The third kappa shape index (κ3) is 3.93. The number of carbonyl (C=O) groups excluding carboxylic acids is 1. The van der Waals surface area contributed by atoms with Crippen molar-refractivity contribution in [1.29, 1.82) is 0 Å². The molecule has 4 nitrogen and oxygen atoms in total. The van der Waals surface area contributed by atoms with E-state index in [9.17, 15) is 4.79 Å². The fraction of sp³-hybridized carbons (Fsp3) is 0.412. The summed E-state index contributed by atoms with van der Waals surface area (Å²) in [4.78, 5) is 20.9. The van der Waals surface area contributed by atoms with Crippen LogP contribution in [0.4, 0.5) is 0 Å². The molecule has 1 saturated heterocycles. The van der Waals surface area contributed by atoms with Gasteiger partial charge in [0.05, 0.1) is 10.6 Å². The molecule has 2 aromatic rings. The Morgan fingerprint density at radius 3 is 2.77 bits per heavy atom. The minimum absolute atomic E-state index is 0.0706. The van der Waals surface area contributed by atoms with Gasteiger partial charge in [-0.25, -0.2) is 0 Å². The van der Waals surface area contributed by atoms with Gasteiger partial charge >= 0.3 is 0 Å². The predicted molar refractivity (Wildman–Crippen MR) is 89.1 cm³/mol. The van der Waals surface area contributed by atoms with Crippen LogP contribution in [-0.2, 0) is 6.54 Å². The lowest BCUT2D eigenvalue weighted by molar-refractivity contribution is 0.0912. The van der Waals surface area contributed by atoms with Gasteiger partial charge in [0.1, 0.15) is 0 Å². The van der Waals surface area contributed by atoms with E-state index in [1.54, 1.807) is 11.3 Å². The Morgan fingerprint density at radius 1 is 1.32 bits per heavy atom. The summed E-state index contributed by atoms with van der Waals surface area (Å²) in [5.41, 5.74) is 1.11. The van der Waals surface area contributed by atoms with Crippen molar-refractivity contribution in [3.63, 3.8) is 0 Å². The topological polar surface area (TPSA) is 45.2 Å². The minimum atomic E-state index is 0.0706. The van der Waals surface area contributed by atoms with Crippen LogP contribution >= 0.6 is 11.3 Å². The highest BCUT2D eigenvalue weighted by Crippen LogP contribution is 2.17. The van der Waals surface area contributed by atoms with Crippen molar-refractivity contribution in [2.24, 2.45) is 0 Å². The van der Waals surface area contributed by atoms with Gasteiger partial charge in [-0.2, -0.15) is 0 Å². The van der Waals surface area contributed by atoms with Crippen molar-refractivity contribution in [1.82, 2.24) is 15.2 Å². The van der Waals surface area contributed by atoms with Crippen molar-refractivity contribution in [2.45, 2.75) is 32.4 Å². The van der Waals surface area contributed by atoms with Gasteiger partial charge in [0.15, 0.2) is 0 Å². The molecule has 0 aliphatic carbocycles. The molecule has 0 spiro atoms. The van der Waals surface area contributed by atoms with Crippen LogP contribution in [0.5, 0.6) is 0 Å². The number of nitrogens with one attached hydrogen (secondary N) is 1. The molecular weight excluding hydrogens is 294 g/mol. The maximum Gasteiger partial charge on any atom is 0.261 e. The molecule has 22 heavy (non-hydrogen) atoms. The highest BCUT2D eigenvalue weighted by molar-refractivity contribution is 7.13. The fourth-order valence-corrected chi connectivity index (χ4v) is 3.54. The highest BCUT2D eigenvalue weighted by atomic mass is 32.1. The fourth-order valence-electron chi connectivity index (χ4n) is 2.77. The Labute approximate surface area is 135 Å². The third-order valence-corrected chi connectivity index (χ3v) is 5.00. The smallest absolute Gasteiger partial charge is 0.261 e. The molecule has 2 aromatic heterocycles. The molecule has 1 aliphatic heterocycles. The molecule has 3 heterocycles. The van der Waals surface area contributed by atoms with Crippen molar-refractivity contribution >= 4 is 17.2 Å². The van der Waals surface area contributed by atoms with Gasteiger partial charge in [-0.3, -0.25) is 14.7 Å². The minimum Gasteiger partial charge on any atom is -0.349 e. The average Bonchev–Trinajstić information content (AvgIpc) is 2.97. The van der Waals surface area contributed by atoms with Crippen molar-refractivity contribution in [3.05, 3.63) is 52.0 Å². The summed E-state index contributed by atoms with van der Waals surface area (Å²) in [5, 5.41) is 3.16. The van der Waals surface area contributed by atoms with Crippen LogP contribution in [0.25, 0.3) is 0 Å². The Morgan fingerprint density at radius 2 is 2.14 bits per heavy atom. The highest BCUT2D eigenvalue weighted by Gasteiger charge is 2.21. The molecule has 0 unspecified atom stereocenters. The van der Waals surface area contributed by atoms with E-state index in [4.69, 9.17) is 0 Å². The van der Waals surface area contributed by atoms with Crippen LogP contribution in [-0.4, -0.2) is 34.9 Å². The van der Waals surface area contributed by atoms with Crippen molar-refractivity contribution in [2.75, 3.05) is 13.1 Å². The summed E-state index contributed by atoms with van der Waals surface area (Å²) in [7, 11) is 0. The van der Waals surface area contributed by atoms with Crippen molar-refractivity contribution < 1.29 is 4.79 Å². The number of carbonyl (C=O) groups is 1. The number of aromatic nitrogens is 1. The number of thiophene rings is 1. The Bertz CT molecular complexity index is 618. The Kier molecular flexibility index (Phi) is 4.85. The molecule has 5 heteroatoms. The van der Waals surface area contributed by atoms with E-state index < -0.39 is 0 Å². The first-order valence-electron chi connectivity index (χ1n) is 7.70. The molecule has 0 atom stereocenters. The van der Waals surface area contributed by atoms with Crippen LogP contribution < -0.4 is 5.32 Å². The zero-order chi connectivity index (χ0) is 15.4. The van der Waals surface area contributed by atoms with Gasteiger partial charge < -0.3 is 5.32 Å². The Hall–Kier alpha value is -1.72. The summed E-state index contributed by atoms with van der Waals surface area (Å²) in [6, 6.07) is 10.2. The van der Waals surface area contributed by atoms with E-state index in [1.807, 2.05) is 37.4 Å². The summed E-state index contributed by atoms with van der Waals surface area (Å²) in [6.07, 6.45) is 3.84. The summed E-state index contributed by atoms with van der Waals surface area (Å²) in [6.45, 7) is 4.93. The van der Waals surface area contributed by atoms with Gasteiger partial charge in [-0.15, -0.1) is 11.3 Å². The largest absolute Gasteiger partial charge is 0.349 e. The van der Waals surface area contributed by atoms with Crippen LogP contribution in [0.2, 0.25) is 0 Å². The molecule has 0 saturated carbocycles. The number of hydrogen-bond donors (Lipinski definition) is 1. The number of piperidine rings is 1. The first kappa shape index (κ1) is 15.2. The number of nitrogens with zero attached hydrogens (tertiary/aromatic N) is 2. The molecule has 1 amide bonds. The maximum atomic E-state index is 12.2. The third-order valence-electron chi connectivity index (χ3n) is 4.00. The van der Waals surface area contributed by atoms with E-state index >= 15 is 0 Å². The molecular formula is C17H21N3OS. The first-order chi connectivity index (χ1) is 10.7. The molecule has 1 aliphatic rings. The van der Waals surface area contributed by atoms with Gasteiger partial charge in [0.2, 0.25) is 0 Å². The summed E-state index contributed by atoms with van der Waals surface area (Å²) in [5.74, 6) is 0.0706. The average molecular weight is 315 g/mol. The zero-order valence-corrected chi connectivity index (χ0v) is 13.6. The van der Waals surface area contributed by atoms with E-state index in [-0.39, 0.29) is 11.9 Å². The molecule has 1 fully saturated rings. The van der Waals surface area contributed by atoms with Crippen LogP contribution in [0, 0.1) is 6.92 Å². The second kappa shape index (κ2) is 7.03. The summed E-state index contributed by atoms with van der Waals surface area (Å²) < 4.78 is 0. The standard InChI is InChI=1S/C17H21N3OS/c1-13-5-6-16(22-13)17(21)19-14-7-10-20(11-8-14)12-15-4-2-3-9-18-15/h2-6,9,14H,7-8,10-12H2,1H3,(H,19,21). The molecule has 1 N–H and O–H groups in total. The van der Waals surface area contributed by atoms with E-state index in [0.29, 0.717) is 0 Å². The monoisotopic (exact) mass is 315 g/mol. The quantitative estimate of drug-likeness (QED) is 0.943.